The molecular formula is C16H34N4O5. The molecule has 148 valence electrons. The van der Waals surface area contributed by atoms with Crippen LogP contribution in [0.5, 0.6) is 0 Å². The first-order valence-corrected chi connectivity index (χ1v) is 8.72. The maximum atomic E-state index is 12.0. The highest BCUT2D eigenvalue weighted by atomic mass is 16.5. The van der Waals surface area contributed by atoms with Crippen molar-refractivity contribution in [2.75, 3.05) is 67.3 Å². The lowest BCUT2D eigenvalue weighted by Crippen LogP contribution is -2.43. The van der Waals surface area contributed by atoms with Crippen LogP contribution in [0.25, 0.3) is 0 Å². The van der Waals surface area contributed by atoms with Crippen LogP contribution in [-0.2, 0) is 19.0 Å². The van der Waals surface area contributed by atoms with Crippen LogP contribution in [0.15, 0.2) is 0 Å². The maximum Gasteiger partial charge on any atom is 0.406 e. The number of unbranched alkanes of at least 4 members (excludes halogenated alkanes) is 1. The van der Waals surface area contributed by atoms with Gasteiger partial charge in [-0.2, -0.15) is 0 Å². The van der Waals surface area contributed by atoms with E-state index in [1.807, 2.05) is 7.05 Å². The molecule has 0 spiro atoms. The van der Waals surface area contributed by atoms with Crippen LogP contribution in [-0.4, -0.2) is 85.3 Å². The zero-order valence-electron chi connectivity index (χ0n) is 15.7. The van der Waals surface area contributed by atoms with E-state index in [9.17, 15) is 9.59 Å². The fraction of sp³-hybridized carbons (Fsp3) is 0.875. The van der Waals surface area contributed by atoms with Crippen molar-refractivity contribution < 1.29 is 23.8 Å². The highest BCUT2D eigenvalue weighted by Gasteiger charge is 2.14. The predicted molar refractivity (Wildman–Crippen MR) is 95.7 cm³/mol. The molecule has 0 saturated heterocycles. The lowest BCUT2D eigenvalue weighted by molar-refractivity contribution is -0.123. The van der Waals surface area contributed by atoms with Crippen molar-refractivity contribution in [2.45, 2.75) is 25.3 Å². The van der Waals surface area contributed by atoms with Gasteiger partial charge in [-0.25, -0.2) is 4.79 Å². The second-order valence-corrected chi connectivity index (χ2v) is 5.37. The van der Waals surface area contributed by atoms with Gasteiger partial charge in [-0.3, -0.25) is 4.79 Å². The molecule has 9 heteroatoms. The van der Waals surface area contributed by atoms with E-state index < -0.39 is 6.09 Å². The first kappa shape index (κ1) is 23.6. The molecule has 0 aromatic carbocycles. The summed E-state index contributed by atoms with van der Waals surface area (Å²) in [6.07, 6.45) is 2.40. The van der Waals surface area contributed by atoms with Crippen molar-refractivity contribution in [2.24, 2.45) is 0 Å². The molecule has 9 nitrogen and oxygen atoms in total. The first-order chi connectivity index (χ1) is 12.2. The van der Waals surface area contributed by atoms with Gasteiger partial charge in [0.2, 0.25) is 5.91 Å². The average Bonchev–Trinajstić information content (AvgIpc) is 2.62. The van der Waals surface area contributed by atoms with Gasteiger partial charge < -0.3 is 35.5 Å². The van der Waals surface area contributed by atoms with Crippen LogP contribution in [0.2, 0.25) is 0 Å². The van der Waals surface area contributed by atoms with Crippen LogP contribution in [0, 0.1) is 0 Å². The number of methoxy groups -OCH3 is 1. The number of likely N-dealkylation sites (N-methyl/N-ethyl adjacent to an activating group) is 1. The molecule has 4 N–H and O–H groups in total. The molecule has 0 aliphatic carbocycles. The van der Waals surface area contributed by atoms with Gasteiger partial charge in [0.25, 0.3) is 0 Å². The van der Waals surface area contributed by atoms with Crippen molar-refractivity contribution in [3.8, 4) is 0 Å². The maximum absolute atomic E-state index is 12.0. The number of rotatable bonds is 16. The molecule has 0 aliphatic heterocycles. The number of ether oxygens (including phenoxy) is 3. The Morgan fingerprint density at radius 1 is 0.880 bits per heavy atom. The smallest absolute Gasteiger partial charge is 0.406 e. The van der Waals surface area contributed by atoms with Crippen LogP contribution in [0.1, 0.15) is 19.3 Å². The van der Waals surface area contributed by atoms with Crippen molar-refractivity contribution in [1.29, 1.82) is 0 Å². The zero-order valence-corrected chi connectivity index (χ0v) is 15.7. The van der Waals surface area contributed by atoms with Crippen LogP contribution in [0.4, 0.5) is 4.79 Å². The van der Waals surface area contributed by atoms with Crippen molar-refractivity contribution in [3.63, 3.8) is 0 Å². The van der Waals surface area contributed by atoms with E-state index in [0.717, 1.165) is 25.8 Å². The van der Waals surface area contributed by atoms with E-state index in [1.54, 1.807) is 7.05 Å². The number of hydrogen-bond donors (Lipinski definition) is 4. The third kappa shape index (κ3) is 14.6. The Balaban J connectivity index is 3.47. The van der Waals surface area contributed by atoms with E-state index in [1.165, 1.54) is 7.11 Å². The highest BCUT2D eigenvalue weighted by molar-refractivity contribution is 5.81. The minimum absolute atomic E-state index is 0.000641. The molecule has 25 heavy (non-hydrogen) atoms. The summed E-state index contributed by atoms with van der Waals surface area (Å²) in [6.45, 7) is 3.53. The van der Waals surface area contributed by atoms with E-state index in [4.69, 9.17) is 9.47 Å². The summed E-state index contributed by atoms with van der Waals surface area (Å²) >= 11 is 0. The zero-order chi connectivity index (χ0) is 18.8. The SMILES string of the molecule is CNCCCCC(NC)C(=O)NCCOCCOCCNC(=O)OC. The van der Waals surface area contributed by atoms with E-state index in [0.29, 0.717) is 39.5 Å². The molecule has 0 aromatic rings. The summed E-state index contributed by atoms with van der Waals surface area (Å²) in [5.74, 6) is 0.000641. The van der Waals surface area contributed by atoms with Crippen LogP contribution in [0.3, 0.4) is 0 Å². The number of carbonyl (C=O) groups is 2. The standard InChI is InChI=1S/C16H34N4O5/c1-17-7-5-4-6-14(18-2)15(21)19-8-10-24-12-13-25-11-9-20-16(22)23-3/h14,17-18H,4-13H2,1-3H3,(H,19,21)(H,20,22). The Morgan fingerprint density at radius 2 is 1.52 bits per heavy atom. The van der Waals surface area contributed by atoms with Crippen molar-refractivity contribution in [1.82, 2.24) is 21.3 Å². The molecule has 0 fully saturated rings. The van der Waals surface area contributed by atoms with Gasteiger partial charge in [0.15, 0.2) is 0 Å². The topological polar surface area (TPSA) is 110 Å². The predicted octanol–water partition coefficient (Wildman–Crippen LogP) is -0.530. The number of alkyl carbamates (subject to hydrolysis) is 1. The fourth-order valence-corrected chi connectivity index (χ4v) is 2.05. The molecule has 2 amide bonds. The summed E-state index contributed by atoms with van der Waals surface area (Å²) in [5.41, 5.74) is 0. The van der Waals surface area contributed by atoms with Gasteiger partial charge in [-0.15, -0.1) is 0 Å². The quantitative estimate of drug-likeness (QED) is 0.273. The third-order valence-electron chi connectivity index (χ3n) is 3.45. The van der Waals surface area contributed by atoms with Gasteiger partial charge >= 0.3 is 6.09 Å². The molecule has 1 atom stereocenters. The lowest BCUT2D eigenvalue weighted by atomic mass is 10.1. The highest BCUT2D eigenvalue weighted by Crippen LogP contribution is 2.00. The second-order valence-electron chi connectivity index (χ2n) is 5.37. The van der Waals surface area contributed by atoms with Crippen molar-refractivity contribution >= 4 is 12.0 Å². The Bertz CT molecular complexity index is 344. The molecule has 0 saturated carbocycles. The second kappa shape index (κ2) is 17.4. The number of amides is 2. The van der Waals surface area contributed by atoms with Gasteiger partial charge in [0.1, 0.15) is 0 Å². The molecular weight excluding hydrogens is 328 g/mol. The monoisotopic (exact) mass is 362 g/mol. The van der Waals surface area contributed by atoms with Crippen LogP contribution < -0.4 is 21.3 Å². The van der Waals surface area contributed by atoms with Crippen molar-refractivity contribution in [3.05, 3.63) is 0 Å². The summed E-state index contributed by atoms with van der Waals surface area (Å²) in [4.78, 5) is 22.8. The summed E-state index contributed by atoms with van der Waals surface area (Å²) in [6, 6.07) is -0.164. The number of carbonyl (C=O) groups excluding carboxylic acids is 2. The summed E-state index contributed by atoms with van der Waals surface area (Å²) in [7, 11) is 5.03. The Kier molecular flexibility index (Phi) is 16.4. The molecule has 0 rings (SSSR count). The van der Waals surface area contributed by atoms with E-state index >= 15 is 0 Å². The van der Waals surface area contributed by atoms with E-state index in [2.05, 4.69) is 26.0 Å². The fourth-order valence-electron chi connectivity index (χ4n) is 2.05. The summed E-state index contributed by atoms with van der Waals surface area (Å²) in [5, 5.41) is 11.5. The number of nitrogens with one attached hydrogen (secondary N) is 4. The Labute approximate surface area is 150 Å². The minimum atomic E-state index is -0.475. The van der Waals surface area contributed by atoms with Crippen LogP contribution >= 0.6 is 0 Å². The minimum Gasteiger partial charge on any atom is -0.453 e. The Hall–Kier alpha value is -1.42. The van der Waals surface area contributed by atoms with Gasteiger partial charge in [-0.1, -0.05) is 6.42 Å². The van der Waals surface area contributed by atoms with E-state index in [-0.39, 0.29) is 11.9 Å². The molecule has 0 bridgehead atoms. The molecule has 1 unspecified atom stereocenters. The molecule has 0 radical (unpaired) electrons. The lowest BCUT2D eigenvalue weighted by Gasteiger charge is -2.16. The molecule has 0 heterocycles. The number of hydrogen-bond acceptors (Lipinski definition) is 7. The third-order valence-corrected chi connectivity index (χ3v) is 3.45. The van der Waals surface area contributed by atoms with Gasteiger partial charge in [0.05, 0.1) is 39.6 Å². The van der Waals surface area contributed by atoms with Gasteiger partial charge in [0, 0.05) is 13.1 Å². The summed E-state index contributed by atoms with van der Waals surface area (Å²) < 4.78 is 15.1. The average molecular weight is 362 g/mol. The Morgan fingerprint density at radius 3 is 2.08 bits per heavy atom. The molecule has 0 aromatic heterocycles. The first-order valence-electron chi connectivity index (χ1n) is 8.72. The molecule has 0 aliphatic rings. The normalized spacial score (nSPS) is 11.8. The van der Waals surface area contributed by atoms with Gasteiger partial charge in [-0.05, 0) is 33.5 Å². The largest absolute Gasteiger partial charge is 0.453 e.